The molecule has 0 bridgehead atoms. The fourth-order valence-electron chi connectivity index (χ4n) is 1.26. The zero-order chi connectivity index (χ0) is 11.6. The molecule has 1 N–H and O–H groups in total. The summed E-state index contributed by atoms with van der Waals surface area (Å²) in [4.78, 5) is 0. The summed E-state index contributed by atoms with van der Waals surface area (Å²) in [5.74, 6) is 0. The first kappa shape index (κ1) is 16.1. The predicted octanol–water partition coefficient (Wildman–Crippen LogP) is 3.16. The first-order valence-corrected chi connectivity index (χ1v) is 5.66. The maximum atomic E-state index is 8.89. The number of aliphatic hydroxyl groups excluding tert-OH is 1. The van der Waals surface area contributed by atoms with Crippen LogP contribution in [0, 0.1) is 0 Å². The van der Waals surface area contributed by atoms with Gasteiger partial charge in [-0.3, -0.25) is 0 Å². The third-order valence-electron chi connectivity index (χ3n) is 2.05. The van der Waals surface area contributed by atoms with Crippen LogP contribution >= 0.6 is 0 Å². The van der Waals surface area contributed by atoms with E-state index in [1.807, 2.05) is 34.6 Å². The molecule has 1 heterocycles. The smallest absolute Gasteiger partial charge is 0.0781 e. The van der Waals surface area contributed by atoms with Gasteiger partial charge in [0.2, 0.25) is 0 Å². The SMILES string of the molecule is CC.CC.CC1=C(CO)[C@@H](C)OCC1. The standard InChI is InChI=1S/C8H14O2.2C2H6/c1-6-3-4-10-7(2)8(6)5-9;2*1-2/h7,9H,3-5H2,1-2H3;2*1-2H3/t7-;;/m1../s1. The van der Waals surface area contributed by atoms with Gasteiger partial charge in [0.1, 0.15) is 0 Å². The van der Waals surface area contributed by atoms with E-state index in [1.165, 1.54) is 5.57 Å². The van der Waals surface area contributed by atoms with Crippen LogP contribution in [-0.2, 0) is 4.74 Å². The molecule has 1 atom stereocenters. The van der Waals surface area contributed by atoms with E-state index in [1.54, 1.807) is 0 Å². The van der Waals surface area contributed by atoms with Gasteiger partial charge in [0.15, 0.2) is 0 Å². The van der Waals surface area contributed by atoms with Crippen LogP contribution in [0.15, 0.2) is 11.1 Å². The lowest BCUT2D eigenvalue weighted by molar-refractivity contribution is 0.0704. The van der Waals surface area contributed by atoms with Gasteiger partial charge in [-0.1, -0.05) is 33.3 Å². The number of hydrogen-bond donors (Lipinski definition) is 1. The van der Waals surface area contributed by atoms with Crippen LogP contribution in [0.25, 0.3) is 0 Å². The van der Waals surface area contributed by atoms with E-state index in [4.69, 9.17) is 9.84 Å². The monoisotopic (exact) mass is 202 g/mol. The molecule has 0 aromatic heterocycles. The summed E-state index contributed by atoms with van der Waals surface area (Å²) in [5, 5.41) is 8.89. The van der Waals surface area contributed by atoms with Crippen molar-refractivity contribution in [1.29, 1.82) is 0 Å². The minimum Gasteiger partial charge on any atom is -0.392 e. The van der Waals surface area contributed by atoms with E-state index >= 15 is 0 Å². The molecule has 14 heavy (non-hydrogen) atoms. The van der Waals surface area contributed by atoms with Crippen molar-refractivity contribution in [2.24, 2.45) is 0 Å². The van der Waals surface area contributed by atoms with Gasteiger partial charge in [-0.05, 0) is 25.8 Å². The Morgan fingerprint density at radius 1 is 1.29 bits per heavy atom. The fourth-order valence-corrected chi connectivity index (χ4v) is 1.26. The molecule has 0 unspecified atom stereocenters. The van der Waals surface area contributed by atoms with Crippen molar-refractivity contribution in [3.05, 3.63) is 11.1 Å². The summed E-state index contributed by atoms with van der Waals surface area (Å²) in [6, 6.07) is 0. The molecule has 1 aliphatic rings. The largest absolute Gasteiger partial charge is 0.392 e. The first-order chi connectivity index (χ1) is 6.75. The van der Waals surface area contributed by atoms with E-state index in [0.29, 0.717) is 0 Å². The molecule has 0 amide bonds. The fraction of sp³-hybridized carbons (Fsp3) is 0.833. The quantitative estimate of drug-likeness (QED) is 0.662. The summed E-state index contributed by atoms with van der Waals surface area (Å²) in [6.07, 6.45) is 1.10. The van der Waals surface area contributed by atoms with Gasteiger partial charge in [0.05, 0.1) is 19.3 Å². The summed E-state index contributed by atoms with van der Waals surface area (Å²) in [6.45, 7) is 13.0. The minimum absolute atomic E-state index is 0.124. The summed E-state index contributed by atoms with van der Waals surface area (Å²) in [7, 11) is 0. The highest BCUT2D eigenvalue weighted by molar-refractivity contribution is 5.18. The predicted molar refractivity (Wildman–Crippen MR) is 62.5 cm³/mol. The van der Waals surface area contributed by atoms with E-state index in [9.17, 15) is 0 Å². The second kappa shape index (κ2) is 10.7. The summed E-state index contributed by atoms with van der Waals surface area (Å²) >= 11 is 0. The van der Waals surface area contributed by atoms with Crippen molar-refractivity contribution in [3.8, 4) is 0 Å². The molecule has 1 aliphatic heterocycles. The molecular formula is C12H26O2. The number of rotatable bonds is 1. The minimum atomic E-state index is 0.124. The lowest BCUT2D eigenvalue weighted by Gasteiger charge is -2.23. The number of hydrogen-bond acceptors (Lipinski definition) is 2. The molecule has 2 heteroatoms. The molecule has 0 aromatic carbocycles. The second-order valence-corrected chi connectivity index (χ2v) is 2.73. The second-order valence-electron chi connectivity index (χ2n) is 2.73. The van der Waals surface area contributed by atoms with E-state index in [2.05, 4.69) is 6.92 Å². The van der Waals surface area contributed by atoms with Crippen LogP contribution in [0.4, 0.5) is 0 Å². The Kier molecular flexibility index (Phi) is 12.4. The Balaban J connectivity index is 0. The molecule has 2 nitrogen and oxygen atoms in total. The van der Waals surface area contributed by atoms with Crippen LogP contribution in [0.1, 0.15) is 48.0 Å². The van der Waals surface area contributed by atoms with Crippen molar-refractivity contribution in [3.63, 3.8) is 0 Å². The normalized spacial score (nSPS) is 20.4. The van der Waals surface area contributed by atoms with Crippen LogP contribution in [0.5, 0.6) is 0 Å². The average molecular weight is 202 g/mol. The van der Waals surface area contributed by atoms with Crippen molar-refractivity contribution < 1.29 is 9.84 Å². The maximum Gasteiger partial charge on any atom is 0.0781 e. The zero-order valence-corrected chi connectivity index (χ0v) is 10.6. The van der Waals surface area contributed by atoms with Crippen LogP contribution < -0.4 is 0 Å². The van der Waals surface area contributed by atoms with Crippen molar-refractivity contribution in [2.45, 2.75) is 54.1 Å². The van der Waals surface area contributed by atoms with Gasteiger partial charge in [0.25, 0.3) is 0 Å². The highest BCUT2D eigenvalue weighted by Crippen LogP contribution is 2.19. The van der Waals surface area contributed by atoms with Crippen LogP contribution in [0.2, 0.25) is 0 Å². The van der Waals surface area contributed by atoms with Gasteiger partial charge < -0.3 is 9.84 Å². The Hall–Kier alpha value is -0.340. The lowest BCUT2D eigenvalue weighted by Crippen LogP contribution is -2.21. The Bertz CT molecular complexity index is 150. The molecular weight excluding hydrogens is 176 g/mol. The van der Waals surface area contributed by atoms with Gasteiger partial charge >= 0.3 is 0 Å². The Labute approximate surface area is 89.0 Å². The van der Waals surface area contributed by atoms with Gasteiger partial charge in [-0.15, -0.1) is 0 Å². The molecule has 0 aliphatic carbocycles. The van der Waals surface area contributed by atoms with E-state index < -0.39 is 0 Å². The van der Waals surface area contributed by atoms with Gasteiger partial charge in [-0.25, -0.2) is 0 Å². The Morgan fingerprint density at radius 3 is 2.07 bits per heavy atom. The van der Waals surface area contributed by atoms with Gasteiger partial charge in [-0.2, -0.15) is 0 Å². The topological polar surface area (TPSA) is 29.5 Å². The number of ether oxygens (including phenoxy) is 1. The third-order valence-corrected chi connectivity index (χ3v) is 2.05. The third kappa shape index (κ3) is 5.40. The van der Waals surface area contributed by atoms with E-state index in [0.717, 1.165) is 18.6 Å². The molecule has 0 spiro atoms. The zero-order valence-electron chi connectivity index (χ0n) is 10.6. The van der Waals surface area contributed by atoms with Gasteiger partial charge in [0, 0.05) is 0 Å². The Morgan fingerprint density at radius 2 is 1.79 bits per heavy atom. The van der Waals surface area contributed by atoms with Crippen molar-refractivity contribution in [2.75, 3.05) is 13.2 Å². The maximum absolute atomic E-state index is 8.89. The van der Waals surface area contributed by atoms with Crippen LogP contribution in [0.3, 0.4) is 0 Å². The molecule has 0 saturated heterocycles. The summed E-state index contributed by atoms with van der Waals surface area (Å²) < 4.78 is 5.33. The highest BCUT2D eigenvalue weighted by atomic mass is 16.5. The summed E-state index contributed by atoms with van der Waals surface area (Å²) in [5.41, 5.74) is 2.35. The molecule has 0 radical (unpaired) electrons. The highest BCUT2D eigenvalue weighted by Gasteiger charge is 2.15. The molecule has 1 rings (SSSR count). The van der Waals surface area contributed by atoms with Crippen LogP contribution in [-0.4, -0.2) is 24.4 Å². The molecule has 0 fully saturated rings. The molecule has 86 valence electrons. The lowest BCUT2D eigenvalue weighted by atomic mass is 10.0. The molecule has 0 saturated carbocycles. The molecule has 0 aromatic rings. The van der Waals surface area contributed by atoms with Crippen molar-refractivity contribution >= 4 is 0 Å². The average Bonchev–Trinajstić information content (AvgIpc) is 2.24. The first-order valence-electron chi connectivity index (χ1n) is 5.66. The number of aliphatic hydroxyl groups is 1. The van der Waals surface area contributed by atoms with Crippen molar-refractivity contribution in [1.82, 2.24) is 0 Å². The van der Waals surface area contributed by atoms with E-state index in [-0.39, 0.29) is 12.7 Å².